The van der Waals surface area contributed by atoms with Crippen molar-refractivity contribution in [2.24, 2.45) is 0 Å². The van der Waals surface area contributed by atoms with Gasteiger partial charge in [-0.25, -0.2) is 4.98 Å². The Morgan fingerprint density at radius 2 is 2.05 bits per heavy atom. The summed E-state index contributed by atoms with van der Waals surface area (Å²) in [6.07, 6.45) is 6.92. The van der Waals surface area contributed by atoms with Crippen LogP contribution in [0.5, 0.6) is 0 Å². The van der Waals surface area contributed by atoms with Crippen molar-refractivity contribution in [3.63, 3.8) is 0 Å². The van der Waals surface area contributed by atoms with Crippen molar-refractivity contribution in [2.75, 3.05) is 50.0 Å². The van der Waals surface area contributed by atoms with Crippen molar-refractivity contribution in [3.05, 3.63) is 12.3 Å². The molecule has 2 N–H and O–H groups in total. The highest BCUT2D eigenvalue weighted by Gasteiger charge is 2.15. The normalized spacial score (nSPS) is 20.6. The first-order valence-corrected chi connectivity index (χ1v) is 8.04. The summed E-state index contributed by atoms with van der Waals surface area (Å²) in [6, 6.07) is 2.48. The van der Waals surface area contributed by atoms with Gasteiger partial charge in [-0.3, -0.25) is 4.90 Å². The van der Waals surface area contributed by atoms with E-state index in [1.54, 1.807) is 0 Å². The standard InChI is InChI=1S/C15H25N5O/c1-2-4-13(3-1)18-15-17-6-5-14(19-15)16-7-8-20-9-11-21-12-10-20/h5-6,13H,1-4,7-12H2,(H2,16,17,18,19). The van der Waals surface area contributed by atoms with Gasteiger partial charge in [-0.2, -0.15) is 4.98 Å². The molecule has 2 aliphatic rings. The molecule has 1 aromatic rings. The molecular weight excluding hydrogens is 266 g/mol. The van der Waals surface area contributed by atoms with Crippen LogP contribution in [-0.2, 0) is 4.74 Å². The molecule has 1 aliphatic carbocycles. The maximum absolute atomic E-state index is 5.35. The van der Waals surface area contributed by atoms with Crippen molar-refractivity contribution in [1.29, 1.82) is 0 Å². The molecule has 3 rings (SSSR count). The zero-order valence-electron chi connectivity index (χ0n) is 12.6. The van der Waals surface area contributed by atoms with Crippen LogP contribution in [0.4, 0.5) is 11.8 Å². The van der Waals surface area contributed by atoms with Crippen LogP contribution in [0, 0.1) is 0 Å². The molecular formula is C15H25N5O. The van der Waals surface area contributed by atoms with Gasteiger partial charge < -0.3 is 15.4 Å². The quantitative estimate of drug-likeness (QED) is 0.829. The molecule has 1 saturated carbocycles. The fourth-order valence-corrected chi connectivity index (χ4v) is 2.95. The average molecular weight is 291 g/mol. The van der Waals surface area contributed by atoms with Crippen molar-refractivity contribution in [1.82, 2.24) is 14.9 Å². The Balaban J connectivity index is 1.44. The van der Waals surface area contributed by atoms with Crippen LogP contribution in [0.25, 0.3) is 0 Å². The number of ether oxygens (including phenoxy) is 1. The summed E-state index contributed by atoms with van der Waals surface area (Å²) in [5.41, 5.74) is 0. The largest absolute Gasteiger partial charge is 0.379 e. The third-order valence-electron chi connectivity index (χ3n) is 4.18. The first-order valence-electron chi connectivity index (χ1n) is 8.04. The molecule has 116 valence electrons. The summed E-state index contributed by atoms with van der Waals surface area (Å²) in [6.45, 7) is 5.68. The second-order valence-electron chi connectivity index (χ2n) is 5.77. The van der Waals surface area contributed by atoms with Gasteiger partial charge in [0.1, 0.15) is 5.82 Å². The van der Waals surface area contributed by atoms with Crippen LogP contribution >= 0.6 is 0 Å². The molecule has 6 heteroatoms. The molecule has 0 spiro atoms. The molecule has 0 radical (unpaired) electrons. The van der Waals surface area contributed by atoms with E-state index in [1.807, 2.05) is 12.3 Å². The summed E-state index contributed by atoms with van der Waals surface area (Å²) in [7, 11) is 0. The lowest BCUT2D eigenvalue weighted by atomic mass is 10.2. The molecule has 1 aromatic heterocycles. The van der Waals surface area contributed by atoms with Crippen LogP contribution in [0.15, 0.2) is 12.3 Å². The van der Waals surface area contributed by atoms with Gasteiger partial charge in [0.2, 0.25) is 5.95 Å². The fourth-order valence-electron chi connectivity index (χ4n) is 2.95. The van der Waals surface area contributed by atoms with Gasteiger partial charge >= 0.3 is 0 Å². The van der Waals surface area contributed by atoms with Crippen LogP contribution in [-0.4, -0.2) is 60.3 Å². The Bertz CT molecular complexity index is 430. The maximum atomic E-state index is 5.35. The Morgan fingerprint density at radius 3 is 2.86 bits per heavy atom. The lowest BCUT2D eigenvalue weighted by molar-refractivity contribution is 0.0398. The lowest BCUT2D eigenvalue weighted by Crippen LogP contribution is -2.39. The van der Waals surface area contributed by atoms with E-state index in [0.717, 1.165) is 51.2 Å². The van der Waals surface area contributed by atoms with Crippen LogP contribution in [0.3, 0.4) is 0 Å². The first-order chi connectivity index (χ1) is 10.4. The first kappa shape index (κ1) is 14.5. The summed E-state index contributed by atoms with van der Waals surface area (Å²) in [5.74, 6) is 1.65. The van der Waals surface area contributed by atoms with Gasteiger partial charge in [-0.1, -0.05) is 12.8 Å². The molecule has 0 unspecified atom stereocenters. The van der Waals surface area contributed by atoms with E-state index in [2.05, 4.69) is 25.5 Å². The number of hydrogen-bond acceptors (Lipinski definition) is 6. The SMILES string of the molecule is c1cc(NCCN2CCOCC2)nc(NC2CCCC2)n1. The Morgan fingerprint density at radius 1 is 1.24 bits per heavy atom. The number of nitrogens with one attached hydrogen (secondary N) is 2. The van der Waals surface area contributed by atoms with Crippen LogP contribution in [0.2, 0.25) is 0 Å². The summed E-state index contributed by atoms with van der Waals surface area (Å²) >= 11 is 0. The molecule has 1 aliphatic heterocycles. The Labute approximate surface area is 126 Å². The van der Waals surface area contributed by atoms with E-state index < -0.39 is 0 Å². The minimum Gasteiger partial charge on any atom is -0.379 e. The minimum absolute atomic E-state index is 0.550. The highest BCUT2D eigenvalue weighted by atomic mass is 16.5. The molecule has 1 saturated heterocycles. The highest BCUT2D eigenvalue weighted by Crippen LogP contribution is 2.20. The Hall–Kier alpha value is -1.40. The third-order valence-corrected chi connectivity index (χ3v) is 4.18. The van der Waals surface area contributed by atoms with E-state index in [0.29, 0.717) is 6.04 Å². The summed E-state index contributed by atoms with van der Waals surface area (Å²) < 4.78 is 5.35. The fraction of sp³-hybridized carbons (Fsp3) is 0.733. The topological polar surface area (TPSA) is 62.3 Å². The van der Waals surface area contributed by atoms with Gasteiger partial charge in [-0.15, -0.1) is 0 Å². The number of rotatable bonds is 6. The lowest BCUT2D eigenvalue weighted by Gasteiger charge is -2.26. The highest BCUT2D eigenvalue weighted by molar-refractivity contribution is 5.40. The van der Waals surface area contributed by atoms with Crippen molar-refractivity contribution in [2.45, 2.75) is 31.7 Å². The van der Waals surface area contributed by atoms with Gasteiger partial charge in [0, 0.05) is 38.4 Å². The van der Waals surface area contributed by atoms with E-state index in [4.69, 9.17) is 4.74 Å². The van der Waals surface area contributed by atoms with E-state index in [9.17, 15) is 0 Å². The molecule has 21 heavy (non-hydrogen) atoms. The second-order valence-corrected chi connectivity index (χ2v) is 5.77. The molecule has 0 atom stereocenters. The second kappa shape index (κ2) is 7.56. The molecule has 2 heterocycles. The molecule has 2 fully saturated rings. The zero-order chi connectivity index (χ0) is 14.3. The number of morpholine rings is 1. The number of nitrogens with zero attached hydrogens (tertiary/aromatic N) is 3. The molecule has 0 aromatic carbocycles. The van der Waals surface area contributed by atoms with Gasteiger partial charge in [0.15, 0.2) is 0 Å². The monoisotopic (exact) mass is 291 g/mol. The van der Waals surface area contributed by atoms with E-state index in [1.165, 1.54) is 25.7 Å². The van der Waals surface area contributed by atoms with Crippen LogP contribution < -0.4 is 10.6 Å². The number of anilines is 2. The molecule has 0 amide bonds. The van der Waals surface area contributed by atoms with E-state index >= 15 is 0 Å². The smallest absolute Gasteiger partial charge is 0.224 e. The molecule has 6 nitrogen and oxygen atoms in total. The predicted molar refractivity (Wildman–Crippen MR) is 83.7 cm³/mol. The number of aromatic nitrogens is 2. The van der Waals surface area contributed by atoms with Crippen molar-refractivity contribution >= 4 is 11.8 Å². The van der Waals surface area contributed by atoms with Gasteiger partial charge in [0.05, 0.1) is 13.2 Å². The van der Waals surface area contributed by atoms with Gasteiger partial charge in [-0.05, 0) is 18.9 Å². The average Bonchev–Trinajstić information content (AvgIpc) is 3.02. The van der Waals surface area contributed by atoms with Crippen LogP contribution in [0.1, 0.15) is 25.7 Å². The minimum atomic E-state index is 0.550. The molecule has 0 bridgehead atoms. The zero-order valence-corrected chi connectivity index (χ0v) is 12.6. The van der Waals surface area contributed by atoms with Crippen molar-refractivity contribution < 1.29 is 4.74 Å². The van der Waals surface area contributed by atoms with E-state index in [-0.39, 0.29) is 0 Å². The summed E-state index contributed by atoms with van der Waals surface area (Å²) in [4.78, 5) is 11.3. The third kappa shape index (κ3) is 4.54. The maximum Gasteiger partial charge on any atom is 0.224 e. The number of hydrogen-bond donors (Lipinski definition) is 2. The summed E-state index contributed by atoms with van der Waals surface area (Å²) in [5, 5.41) is 6.82. The van der Waals surface area contributed by atoms with Crippen molar-refractivity contribution in [3.8, 4) is 0 Å². The van der Waals surface area contributed by atoms with Gasteiger partial charge in [0.25, 0.3) is 0 Å². The Kier molecular flexibility index (Phi) is 5.23. The predicted octanol–water partition coefficient (Wildman–Crippen LogP) is 1.58.